The van der Waals surface area contributed by atoms with Crippen molar-refractivity contribution in [3.63, 3.8) is 0 Å². The van der Waals surface area contributed by atoms with Gasteiger partial charge in [-0.15, -0.1) is 0 Å². The van der Waals surface area contributed by atoms with Gasteiger partial charge in [0.2, 0.25) is 5.91 Å². The number of fused-ring (bicyclic) bond motifs is 1. The summed E-state index contributed by atoms with van der Waals surface area (Å²) in [5.74, 6) is 0.820. The molecule has 1 aromatic heterocycles. The summed E-state index contributed by atoms with van der Waals surface area (Å²) >= 11 is 6.07. The van der Waals surface area contributed by atoms with Gasteiger partial charge in [0.1, 0.15) is 11.3 Å². The summed E-state index contributed by atoms with van der Waals surface area (Å²) < 4.78 is 11.7. The molecule has 1 aliphatic heterocycles. The number of benzene rings is 2. The van der Waals surface area contributed by atoms with Crippen LogP contribution in [0.1, 0.15) is 50.7 Å². The molecule has 2 aromatic carbocycles. The molecule has 1 unspecified atom stereocenters. The summed E-state index contributed by atoms with van der Waals surface area (Å²) in [5, 5.41) is 1.69. The van der Waals surface area contributed by atoms with Crippen LogP contribution in [0.25, 0.3) is 27.7 Å². The van der Waals surface area contributed by atoms with E-state index in [4.69, 9.17) is 20.8 Å². The summed E-state index contributed by atoms with van der Waals surface area (Å²) in [7, 11) is 1.66. The minimum Gasteiger partial charge on any atom is -0.496 e. The Morgan fingerprint density at radius 1 is 1.28 bits per heavy atom. The van der Waals surface area contributed by atoms with E-state index in [0.717, 1.165) is 70.4 Å². The predicted molar refractivity (Wildman–Crippen MR) is 131 cm³/mol. The highest BCUT2D eigenvalue weighted by Gasteiger charge is 2.25. The van der Waals surface area contributed by atoms with Gasteiger partial charge in [0.05, 0.1) is 13.4 Å². The maximum atomic E-state index is 13.1. The second-order valence-electron chi connectivity index (χ2n) is 8.53. The Morgan fingerprint density at radius 2 is 2.03 bits per heavy atom. The lowest BCUT2D eigenvalue weighted by Gasteiger charge is -2.34. The topological polar surface area (TPSA) is 42.7 Å². The highest BCUT2D eigenvalue weighted by atomic mass is 35.5. The van der Waals surface area contributed by atoms with Crippen LogP contribution >= 0.6 is 11.6 Å². The number of ether oxygens (including phenoxy) is 1. The first kappa shape index (κ1) is 22.5. The second-order valence-corrected chi connectivity index (χ2v) is 8.97. The van der Waals surface area contributed by atoms with Crippen molar-refractivity contribution in [3.05, 3.63) is 58.8 Å². The first-order valence-electron chi connectivity index (χ1n) is 11.3. The molecular formula is C27H30ClNO3. The SMILES string of the molecule is CCC1CCCCN1C(=O)/C=C(\C)c1cc2c(-c3ccc(Cl)cc3)coc2c(C)c1OC. The second kappa shape index (κ2) is 9.41. The van der Waals surface area contributed by atoms with Crippen LogP contribution in [0.4, 0.5) is 0 Å². The molecule has 168 valence electrons. The normalized spacial score (nSPS) is 17.1. The maximum absolute atomic E-state index is 13.1. The molecule has 0 radical (unpaired) electrons. The van der Waals surface area contributed by atoms with Crippen molar-refractivity contribution in [3.8, 4) is 16.9 Å². The van der Waals surface area contributed by atoms with Gasteiger partial charge in [-0.3, -0.25) is 4.79 Å². The van der Waals surface area contributed by atoms with Crippen molar-refractivity contribution in [2.75, 3.05) is 13.7 Å². The molecule has 1 amide bonds. The lowest BCUT2D eigenvalue weighted by molar-refractivity contribution is -0.129. The zero-order valence-corrected chi connectivity index (χ0v) is 20.0. The van der Waals surface area contributed by atoms with Gasteiger partial charge in [0.15, 0.2) is 0 Å². The molecule has 32 heavy (non-hydrogen) atoms. The quantitative estimate of drug-likeness (QED) is 0.383. The number of rotatable bonds is 5. The van der Waals surface area contributed by atoms with Crippen LogP contribution in [0.3, 0.4) is 0 Å². The molecule has 1 aliphatic rings. The molecule has 1 atom stereocenters. The van der Waals surface area contributed by atoms with Gasteiger partial charge in [0.25, 0.3) is 0 Å². The number of hydrogen-bond donors (Lipinski definition) is 0. The largest absolute Gasteiger partial charge is 0.496 e. The molecule has 5 heteroatoms. The Bertz CT molecular complexity index is 1160. The summed E-state index contributed by atoms with van der Waals surface area (Å²) in [4.78, 5) is 15.2. The summed E-state index contributed by atoms with van der Waals surface area (Å²) in [6, 6.07) is 10.1. The fourth-order valence-electron chi connectivity index (χ4n) is 4.79. The van der Waals surface area contributed by atoms with Gasteiger partial charge >= 0.3 is 0 Å². The molecule has 0 aliphatic carbocycles. The number of carbonyl (C=O) groups is 1. The molecule has 4 nitrogen and oxygen atoms in total. The average molecular weight is 452 g/mol. The Balaban J connectivity index is 1.78. The number of furan rings is 1. The van der Waals surface area contributed by atoms with E-state index in [1.807, 2.05) is 43.0 Å². The number of piperidine rings is 1. The zero-order valence-electron chi connectivity index (χ0n) is 19.2. The third-order valence-electron chi connectivity index (χ3n) is 6.55. The minimum absolute atomic E-state index is 0.0824. The monoisotopic (exact) mass is 451 g/mol. The van der Waals surface area contributed by atoms with Gasteiger partial charge in [-0.1, -0.05) is 30.7 Å². The number of methoxy groups -OCH3 is 1. The highest BCUT2D eigenvalue weighted by Crippen LogP contribution is 2.40. The van der Waals surface area contributed by atoms with Crippen LogP contribution in [-0.2, 0) is 4.79 Å². The van der Waals surface area contributed by atoms with E-state index < -0.39 is 0 Å². The Morgan fingerprint density at radius 3 is 2.72 bits per heavy atom. The first-order valence-corrected chi connectivity index (χ1v) is 11.7. The Labute approximate surface area is 194 Å². The number of nitrogens with zero attached hydrogens (tertiary/aromatic N) is 1. The van der Waals surface area contributed by atoms with Crippen molar-refractivity contribution in [1.82, 2.24) is 4.90 Å². The van der Waals surface area contributed by atoms with Gasteiger partial charge in [-0.05, 0) is 68.9 Å². The van der Waals surface area contributed by atoms with Crippen LogP contribution in [0.2, 0.25) is 5.02 Å². The smallest absolute Gasteiger partial charge is 0.247 e. The van der Waals surface area contributed by atoms with Crippen molar-refractivity contribution < 1.29 is 13.9 Å². The average Bonchev–Trinajstić information content (AvgIpc) is 3.23. The molecule has 0 saturated carbocycles. The number of halogens is 1. The van der Waals surface area contributed by atoms with E-state index in [1.165, 1.54) is 6.42 Å². The van der Waals surface area contributed by atoms with Crippen LogP contribution in [0.15, 0.2) is 47.1 Å². The van der Waals surface area contributed by atoms with Crippen LogP contribution in [0, 0.1) is 6.92 Å². The molecular weight excluding hydrogens is 422 g/mol. The summed E-state index contributed by atoms with van der Waals surface area (Å²) in [6.07, 6.45) is 7.88. The van der Waals surface area contributed by atoms with Gasteiger partial charge in [-0.2, -0.15) is 0 Å². The maximum Gasteiger partial charge on any atom is 0.247 e. The zero-order chi connectivity index (χ0) is 22.8. The molecule has 4 rings (SSSR count). The van der Waals surface area contributed by atoms with E-state index in [-0.39, 0.29) is 5.91 Å². The molecule has 2 heterocycles. The summed E-state index contributed by atoms with van der Waals surface area (Å²) in [5.41, 5.74) is 5.53. The highest BCUT2D eigenvalue weighted by molar-refractivity contribution is 6.30. The number of allylic oxidation sites excluding steroid dienone is 1. The standard InChI is InChI=1S/C27H30ClNO3/c1-5-21-8-6-7-13-29(21)25(30)14-17(2)22-15-23-24(19-9-11-20(28)12-10-19)16-32-27(23)18(3)26(22)31-4/h9-12,14-16,21H,5-8,13H2,1-4H3/b17-14+. The van der Waals surface area contributed by atoms with E-state index in [2.05, 4.69) is 13.0 Å². The van der Waals surface area contributed by atoms with Gasteiger partial charge in [-0.25, -0.2) is 0 Å². The van der Waals surface area contributed by atoms with Gasteiger partial charge < -0.3 is 14.1 Å². The third kappa shape index (κ3) is 4.16. The summed E-state index contributed by atoms with van der Waals surface area (Å²) in [6.45, 7) is 6.96. The molecule has 0 bridgehead atoms. The van der Waals surface area contributed by atoms with E-state index in [0.29, 0.717) is 11.1 Å². The van der Waals surface area contributed by atoms with Crippen molar-refractivity contribution in [2.24, 2.45) is 0 Å². The van der Waals surface area contributed by atoms with Gasteiger partial charge in [0, 0.05) is 45.8 Å². The number of hydrogen-bond acceptors (Lipinski definition) is 3. The lowest BCUT2D eigenvalue weighted by Crippen LogP contribution is -2.42. The number of amides is 1. The Kier molecular flexibility index (Phi) is 6.61. The molecule has 0 N–H and O–H groups in total. The molecule has 1 saturated heterocycles. The van der Waals surface area contributed by atoms with Crippen LogP contribution < -0.4 is 4.74 Å². The lowest BCUT2D eigenvalue weighted by atomic mass is 9.96. The Hall–Kier alpha value is -2.72. The van der Waals surface area contributed by atoms with E-state index in [9.17, 15) is 4.79 Å². The fourth-order valence-corrected chi connectivity index (χ4v) is 4.91. The van der Waals surface area contributed by atoms with Crippen LogP contribution in [-0.4, -0.2) is 30.5 Å². The molecule has 3 aromatic rings. The minimum atomic E-state index is 0.0824. The number of likely N-dealkylation sites (tertiary alicyclic amines) is 1. The molecule has 0 spiro atoms. The number of aryl methyl sites for hydroxylation is 1. The van der Waals surface area contributed by atoms with Crippen LogP contribution in [0.5, 0.6) is 5.75 Å². The third-order valence-corrected chi connectivity index (χ3v) is 6.80. The van der Waals surface area contributed by atoms with Crippen molar-refractivity contribution in [1.29, 1.82) is 0 Å². The van der Waals surface area contributed by atoms with E-state index >= 15 is 0 Å². The number of carbonyl (C=O) groups excluding carboxylic acids is 1. The fraction of sp³-hybridized carbons (Fsp3) is 0.370. The van der Waals surface area contributed by atoms with Crippen molar-refractivity contribution in [2.45, 2.75) is 52.5 Å². The molecule has 1 fully saturated rings. The first-order chi connectivity index (χ1) is 15.4. The predicted octanol–water partition coefficient (Wildman–Crippen LogP) is 7.26. The van der Waals surface area contributed by atoms with Crippen molar-refractivity contribution >= 4 is 34.1 Å². The van der Waals surface area contributed by atoms with E-state index in [1.54, 1.807) is 19.4 Å².